The summed E-state index contributed by atoms with van der Waals surface area (Å²) in [6.07, 6.45) is 1.62. The van der Waals surface area contributed by atoms with Gasteiger partial charge in [-0.1, -0.05) is 18.7 Å². The van der Waals surface area contributed by atoms with E-state index in [1.807, 2.05) is 26.8 Å². The van der Waals surface area contributed by atoms with Gasteiger partial charge >= 0.3 is 5.97 Å². The van der Waals surface area contributed by atoms with Crippen LogP contribution in [-0.4, -0.2) is 19.2 Å². The molecule has 0 aliphatic heterocycles. The van der Waals surface area contributed by atoms with E-state index in [0.29, 0.717) is 17.9 Å². The van der Waals surface area contributed by atoms with Gasteiger partial charge in [-0.2, -0.15) is 0 Å². The molecular formula is C16H20O3. The highest BCUT2D eigenvalue weighted by Gasteiger charge is 2.13. The largest absolute Gasteiger partial charge is 0.423 e. The summed E-state index contributed by atoms with van der Waals surface area (Å²) >= 11 is 0. The minimum Gasteiger partial charge on any atom is -0.423 e. The molecule has 0 atom stereocenters. The van der Waals surface area contributed by atoms with Crippen LogP contribution in [0.15, 0.2) is 36.9 Å². The van der Waals surface area contributed by atoms with Gasteiger partial charge in [-0.25, -0.2) is 4.79 Å². The zero-order chi connectivity index (χ0) is 14.4. The van der Waals surface area contributed by atoms with Crippen molar-refractivity contribution in [2.24, 2.45) is 0 Å². The Morgan fingerprint density at radius 3 is 2.58 bits per heavy atom. The van der Waals surface area contributed by atoms with Gasteiger partial charge in [-0.05, 0) is 43.5 Å². The zero-order valence-corrected chi connectivity index (χ0v) is 11.8. The van der Waals surface area contributed by atoms with E-state index in [-0.39, 0.29) is 6.61 Å². The van der Waals surface area contributed by atoms with Crippen LogP contribution in [0.5, 0.6) is 5.75 Å². The quantitative estimate of drug-likeness (QED) is 0.259. The van der Waals surface area contributed by atoms with Crippen molar-refractivity contribution in [2.75, 3.05) is 13.2 Å². The van der Waals surface area contributed by atoms with Crippen molar-refractivity contribution in [1.82, 2.24) is 0 Å². The van der Waals surface area contributed by atoms with Crippen molar-refractivity contribution in [2.45, 2.75) is 20.8 Å². The molecule has 19 heavy (non-hydrogen) atoms. The number of carbonyl (C=O) groups is 1. The molecule has 1 aromatic rings. The molecule has 0 aliphatic rings. The second-order valence-corrected chi connectivity index (χ2v) is 4.43. The van der Waals surface area contributed by atoms with E-state index in [1.54, 1.807) is 12.1 Å². The van der Waals surface area contributed by atoms with E-state index in [0.717, 1.165) is 11.1 Å². The summed E-state index contributed by atoms with van der Waals surface area (Å²) in [5.41, 5.74) is 3.55. The summed E-state index contributed by atoms with van der Waals surface area (Å²) in [5, 5.41) is 0. The van der Waals surface area contributed by atoms with Crippen molar-refractivity contribution in [1.29, 1.82) is 0 Å². The van der Waals surface area contributed by atoms with Crippen LogP contribution in [0.1, 0.15) is 16.7 Å². The lowest BCUT2D eigenvalue weighted by molar-refractivity contribution is -0.130. The lowest BCUT2D eigenvalue weighted by Gasteiger charge is -2.12. The standard InChI is InChI=1S/C16H20O3/c1-6-9-18-10-12(3)16(17)19-15-8-7-11(2)13(4)14(15)5/h6-8H,1,3,9-10H2,2,4-5H3. The number of esters is 1. The lowest BCUT2D eigenvalue weighted by atomic mass is 10.0. The fourth-order valence-electron chi connectivity index (χ4n) is 1.54. The number of hydrogen-bond acceptors (Lipinski definition) is 3. The van der Waals surface area contributed by atoms with Gasteiger partial charge in [0.25, 0.3) is 0 Å². The Morgan fingerprint density at radius 1 is 1.26 bits per heavy atom. The van der Waals surface area contributed by atoms with Crippen LogP contribution in [0.2, 0.25) is 0 Å². The Morgan fingerprint density at radius 2 is 1.95 bits per heavy atom. The molecule has 0 aromatic heterocycles. The first-order valence-electron chi connectivity index (χ1n) is 6.12. The van der Waals surface area contributed by atoms with Crippen molar-refractivity contribution in [3.63, 3.8) is 0 Å². The summed E-state index contributed by atoms with van der Waals surface area (Å²) in [6, 6.07) is 3.73. The molecule has 0 heterocycles. The van der Waals surface area contributed by atoms with E-state index in [9.17, 15) is 4.79 Å². The lowest BCUT2D eigenvalue weighted by Crippen LogP contribution is -2.15. The molecule has 0 spiro atoms. The molecule has 0 aliphatic carbocycles. The molecule has 1 rings (SSSR count). The van der Waals surface area contributed by atoms with Crippen LogP contribution < -0.4 is 4.74 Å². The van der Waals surface area contributed by atoms with E-state index in [4.69, 9.17) is 9.47 Å². The summed E-state index contributed by atoms with van der Waals surface area (Å²) in [6.45, 7) is 13.7. The van der Waals surface area contributed by atoms with Crippen LogP contribution >= 0.6 is 0 Å². The molecule has 3 heteroatoms. The van der Waals surface area contributed by atoms with Crippen LogP contribution in [0.25, 0.3) is 0 Å². The molecule has 0 bridgehead atoms. The highest BCUT2D eigenvalue weighted by molar-refractivity contribution is 5.90. The predicted octanol–water partition coefficient (Wildman–Crippen LogP) is 3.28. The Hall–Kier alpha value is -1.87. The number of hydrogen-bond donors (Lipinski definition) is 0. The summed E-state index contributed by atoms with van der Waals surface area (Å²) in [7, 11) is 0. The van der Waals surface area contributed by atoms with Gasteiger partial charge in [0.2, 0.25) is 0 Å². The Labute approximate surface area is 114 Å². The third-order valence-corrected chi connectivity index (χ3v) is 3.01. The van der Waals surface area contributed by atoms with Crippen LogP contribution in [0, 0.1) is 20.8 Å². The monoisotopic (exact) mass is 260 g/mol. The molecular weight excluding hydrogens is 240 g/mol. The van der Waals surface area contributed by atoms with Gasteiger partial charge in [-0.3, -0.25) is 0 Å². The number of aryl methyl sites for hydroxylation is 1. The molecule has 0 radical (unpaired) electrons. The molecule has 0 saturated carbocycles. The zero-order valence-electron chi connectivity index (χ0n) is 11.8. The Kier molecular flexibility index (Phi) is 5.52. The maximum Gasteiger partial charge on any atom is 0.341 e. The van der Waals surface area contributed by atoms with Gasteiger partial charge in [0.05, 0.1) is 18.8 Å². The van der Waals surface area contributed by atoms with E-state index in [2.05, 4.69) is 13.2 Å². The van der Waals surface area contributed by atoms with Gasteiger partial charge in [0, 0.05) is 0 Å². The Bertz CT molecular complexity index is 501. The third kappa shape index (κ3) is 4.07. The fourth-order valence-corrected chi connectivity index (χ4v) is 1.54. The van der Waals surface area contributed by atoms with Gasteiger partial charge < -0.3 is 9.47 Å². The highest BCUT2D eigenvalue weighted by atomic mass is 16.5. The first-order valence-corrected chi connectivity index (χ1v) is 6.12. The van der Waals surface area contributed by atoms with Gasteiger partial charge in [0.15, 0.2) is 0 Å². The summed E-state index contributed by atoms with van der Waals surface area (Å²) < 4.78 is 10.5. The number of ether oxygens (including phenoxy) is 2. The molecule has 0 unspecified atom stereocenters. The smallest absolute Gasteiger partial charge is 0.341 e. The second-order valence-electron chi connectivity index (χ2n) is 4.43. The van der Waals surface area contributed by atoms with Crippen LogP contribution in [-0.2, 0) is 9.53 Å². The minimum absolute atomic E-state index is 0.148. The van der Waals surface area contributed by atoms with E-state index in [1.165, 1.54) is 5.56 Å². The number of rotatable bonds is 6. The van der Waals surface area contributed by atoms with Gasteiger partial charge in [-0.15, -0.1) is 6.58 Å². The van der Waals surface area contributed by atoms with Gasteiger partial charge in [0.1, 0.15) is 5.75 Å². The molecule has 0 saturated heterocycles. The van der Waals surface area contributed by atoms with Crippen molar-refractivity contribution >= 4 is 5.97 Å². The topological polar surface area (TPSA) is 35.5 Å². The second kappa shape index (κ2) is 6.90. The molecule has 3 nitrogen and oxygen atoms in total. The van der Waals surface area contributed by atoms with Crippen molar-refractivity contribution in [3.8, 4) is 5.75 Å². The molecule has 0 N–H and O–H groups in total. The Balaban J connectivity index is 2.69. The molecule has 1 aromatic carbocycles. The average Bonchev–Trinajstić information content (AvgIpc) is 2.39. The van der Waals surface area contributed by atoms with E-state index < -0.39 is 5.97 Å². The van der Waals surface area contributed by atoms with Crippen molar-refractivity contribution < 1.29 is 14.3 Å². The predicted molar refractivity (Wildman–Crippen MR) is 76.4 cm³/mol. The van der Waals surface area contributed by atoms with E-state index >= 15 is 0 Å². The summed E-state index contributed by atoms with van der Waals surface area (Å²) in [4.78, 5) is 11.8. The first-order chi connectivity index (χ1) is 8.97. The van der Waals surface area contributed by atoms with Crippen molar-refractivity contribution in [3.05, 3.63) is 53.6 Å². The first kappa shape index (κ1) is 15.2. The minimum atomic E-state index is -0.463. The average molecular weight is 260 g/mol. The normalized spacial score (nSPS) is 10.1. The fraction of sp³-hybridized carbons (Fsp3) is 0.312. The summed E-state index contributed by atoms with van der Waals surface area (Å²) in [5.74, 6) is 0.105. The van der Waals surface area contributed by atoms with Crippen LogP contribution in [0.4, 0.5) is 0 Å². The molecule has 102 valence electrons. The number of benzene rings is 1. The number of carbonyl (C=O) groups excluding carboxylic acids is 1. The van der Waals surface area contributed by atoms with Crippen LogP contribution in [0.3, 0.4) is 0 Å². The molecule has 0 fully saturated rings. The molecule has 0 amide bonds. The SMILES string of the molecule is C=CCOCC(=C)C(=O)Oc1ccc(C)c(C)c1C. The third-order valence-electron chi connectivity index (χ3n) is 3.01. The maximum absolute atomic E-state index is 11.8. The highest BCUT2D eigenvalue weighted by Crippen LogP contribution is 2.24. The maximum atomic E-state index is 11.8.